The monoisotopic (exact) mass is 371 g/mol. The maximum atomic E-state index is 11.8. The molecule has 0 rings (SSSR count). The molecule has 0 aliphatic heterocycles. The summed E-state index contributed by atoms with van der Waals surface area (Å²) in [5, 5.41) is 36.4. The summed E-state index contributed by atoms with van der Waals surface area (Å²) in [7, 11) is -10.7. The molecule has 0 aromatic heterocycles. The molecule has 22 heavy (non-hydrogen) atoms. The summed E-state index contributed by atoms with van der Waals surface area (Å²) >= 11 is 0. The summed E-state index contributed by atoms with van der Waals surface area (Å²) in [6, 6.07) is -2.25. The molecule has 0 aliphatic rings. The summed E-state index contributed by atoms with van der Waals surface area (Å²) in [6.45, 7) is -2.78. The number of hydrogen-bond donors (Lipinski definition) is 7. The van der Waals surface area contributed by atoms with Crippen molar-refractivity contribution in [3.05, 3.63) is 0 Å². The van der Waals surface area contributed by atoms with Crippen LogP contribution in [0.15, 0.2) is 0 Å². The third-order valence-corrected chi connectivity index (χ3v) is 2.78. The fourth-order valence-electron chi connectivity index (χ4n) is 1.09. The number of nitrogens with one attached hydrogen (secondary N) is 1. The van der Waals surface area contributed by atoms with Crippen LogP contribution in [0.3, 0.4) is 0 Å². The molecular weight excluding hydrogens is 358 g/mol. The largest absolute Gasteiger partial charge is 0.413 e. The van der Waals surface area contributed by atoms with Crippen LogP contribution in [0.5, 0.6) is 0 Å². The molecule has 0 spiro atoms. The smallest absolute Gasteiger partial charge is 0.394 e. The Morgan fingerprint density at radius 2 is 1.59 bits per heavy atom. The minimum atomic E-state index is -5.53. The standard InChI is InChI=1S/C6H13NO13S2/c8-1-3(7-20-22(16,17)18)5(11)6(12,4(10)2-9)19-21(13,14)15/h3-4,7-10,12H,1-2H2,(H,13,14,15)(H,16,17,18)/t3-,4+,6+/m0/s1. The molecule has 0 fully saturated rings. The van der Waals surface area contributed by atoms with Crippen LogP contribution >= 0.6 is 0 Å². The zero-order valence-electron chi connectivity index (χ0n) is 10.4. The van der Waals surface area contributed by atoms with Gasteiger partial charge in [-0.25, -0.2) is 4.18 Å². The Hall–Kier alpha value is -0.790. The average Bonchev–Trinajstić information content (AvgIpc) is 2.34. The lowest BCUT2D eigenvalue weighted by Crippen LogP contribution is -2.61. The third kappa shape index (κ3) is 6.54. The molecule has 0 heterocycles. The number of aliphatic hydroxyl groups excluding tert-OH is 3. The van der Waals surface area contributed by atoms with Crippen molar-refractivity contribution >= 4 is 26.6 Å². The first-order valence-electron chi connectivity index (χ1n) is 5.02. The highest BCUT2D eigenvalue weighted by molar-refractivity contribution is 7.81. The molecule has 0 saturated carbocycles. The van der Waals surface area contributed by atoms with Gasteiger partial charge in [0.1, 0.15) is 12.1 Å². The number of carbonyl (C=O) groups excluding carboxylic acids is 1. The van der Waals surface area contributed by atoms with Gasteiger partial charge in [-0.15, -0.1) is 0 Å². The Labute approximate surface area is 123 Å². The Balaban J connectivity index is 5.48. The minimum Gasteiger partial charge on any atom is -0.394 e. The van der Waals surface area contributed by atoms with Crippen molar-refractivity contribution in [1.82, 2.24) is 5.48 Å². The van der Waals surface area contributed by atoms with Crippen molar-refractivity contribution in [3.8, 4) is 0 Å². The van der Waals surface area contributed by atoms with E-state index in [1.165, 1.54) is 5.48 Å². The van der Waals surface area contributed by atoms with Crippen LogP contribution in [-0.2, 0) is 34.1 Å². The van der Waals surface area contributed by atoms with E-state index >= 15 is 0 Å². The predicted octanol–water partition coefficient (Wildman–Crippen LogP) is -4.90. The first-order valence-corrected chi connectivity index (χ1v) is 7.75. The van der Waals surface area contributed by atoms with Gasteiger partial charge in [0.2, 0.25) is 5.78 Å². The van der Waals surface area contributed by atoms with Gasteiger partial charge in [-0.05, 0) is 0 Å². The summed E-state index contributed by atoms with van der Waals surface area (Å²) in [4.78, 5) is 11.8. The molecule has 7 N–H and O–H groups in total. The van der Waals surface area contributed by atoms with E-state index in [1.54, 1.807) is 0 Å². The lowest BCUT2D eigenvalue weighted by atomic mass is 10.0. The average molecular weight is 371 g/mol. The van der Waals surface area contributed by atoms with Crippen LogP contribution in [0.25, 0.3) is 0 Å². The van der Waals surface area contributed by atoms with Crippen molar-refractivity contribution < 1.29 is 59.6 Å². The molecule has 0 bridgehead atoms. The molecule has 3 atom stereocenters. The molecule has 0 radical (unpaired) electrons. The molecule has 16 heteroatoms. The van der Waals surface area contributed by atoms with E-state index in [-0.39, 0.29) is 0 Å². The van der Waals surface area contributed by atoms with Crippen LogP contribution in [0, 0.1) is 0 Å². The normalized spacial score (nSPS) is 18.5. The Morgan fingerprint density at radius 3 is 1.91 bits per heavy atom. The zero-order chi connectivity index (χ0) is 17.8. The molecule has 0 aromatic carbocycles. The Bertz CT molecular complexity index is 584. The molecule has 0 unspecified atom stereocenters. The van der Waals surface area contributed by atoms with E-state index in [9.17, 15) is 31.8 Å². The molecule has 0 aliphatic carbocycles. The van der Waals surface area contributed by atoms with Crippen molar-refractivity contribution in [2.75, 3.05) is 13.2 Å². The fraction of sp³-hybridized carbons (Fsp3) is 0.833. The molecule has 14 nitrogen and oxygen atoms in total. The maximum Gasteiger partial charge on any atom is 0.413 e. The number of rotatable bonds is 10. The zero-order valence-corrected chi connectivity index (χ0v) is 12.1. The van der Waals surface area contributed by atoms with E-state index in [0.717, 1.165) is 0 Å². The molecular formula is C6H13NO13S2. The van der Waals surface area contributed by atoms with E-state index in [0.29, 0.717) is 0 Å². The van der Waals surface area contributed by atoms with E-state index in [4.69, 9.17) is 19.3 Å². The molecule has 0 amide bonds. The van der Waals surface area contributed by atoms with Crippen LogP contribution in [0.2, 0.25) is 0 Å². The van der Waals surface area contributed by atoms with Crippen LogP contribution in [0.1, 0.15) is 0 Å². The number of aliphatic hydroxyl groups is 4. The van der Waals surface area contributed by atoms with E-state index in [2.05, 4.69) is 8.47 Å². The van der Waals surface area contributed by atoms with Gasteiger partial charge in [0.05, 0.1) is 13.2 Å². The van der Waals surface area contributed by atoms with E-state index < -0.39 is 57.7 Å². The van der Waals surface area contributed by atoms with Gasteiger partial charge in [-0.3, -0.25) is 13.9 Å². The lowest BCUT2D eigenvalue weighted by molar-refractivity contribution is -0.216. The van der Waals surface area contributed by atoms with Crippen LogP contribution < -0.4 is 5.48 Å². The number of hydrogen-bond acceptors (Lipinski definition) is 12. The minimum absolute atomic E-state index is 1.23. The number of Topliss-reactive ketones (excluding diaryl/α,β-unsaturated/α-hetero) is 1. The summed E-state index contributed by atoms with van der Waals surface area (Å²) in [5.41, 5.74) is 1.23. The fourth-order valence-corrected chi connectivity index (χ4v) is 1.84. The second-order valence-corrected chi connectivity index (χ2v) is 5.68. The molecule has 132 valence electrons. The van der Waals surface area contributed by atoms with Gasteiger partial charge in [-0.1, -0.05) is 0 Å². The molecule has 0 aromatic rings. The first kappa shape index (κ1) is 21.2. The highest BCUT2D eigenvalue weighted by Gasteiger charge is 2.51. The van der Waals surface area contributed by atoms with Crippen LogP contribution in [-0.4, -0.2) is 83.3 Å². The highest BCUT2D eigenvalue weighted by atomic mass is 32.3. The Kier molecular flexibility index (Phi) is 7.38. The Morgan fingerprint density at radius 1 is 1.09 bits per heavy atom. The van der Waals surface area contributed by atoms with Crippen molar-refractivity contribution in [2.24, 2.45) is 0 Å². The van der Waals surface area contributed by atoms with Crippen LogP contribution in [0.4, 0.5) is 0 Å². The second kappa shape index (κ2) is 7.66. The highest BCUT2D eigenvalue weighted by Crippen LogP contribution is 2.19. The van der Waals surface area contributed by atoms with Crippen molar-refractivity contribution in [3.63, 3.8) is 0 Å². The second-order valence-electron chi connectivity index (χ2n) is 3.63. The van der Waals surface area contributed by atoms with Gasteiger partial charge in [0.25, 0.3) is 5.79 Å². The number of carbonyl (C=O) groups is 1. The van der Waals surface area contributed by atoms with Gasteiger partial charge >= 0.3 is 20.8 Å². The summed E-state index contributed by atoms with van der Waals surface area (Å²) in [5.74, 6) is -5.76. The number of ketones is 1. The van der Waals surface area contributed by atoms with Gasteiger partial charge < -0.3 is 20.4 Å². The summed E-state index contributed by atoms with van der Waals surface area (Å²) < 4.78 is 65.6. The van der Waals surface area contributed by atoms with E-state index in [1.807, 2.05) is 0 Å². The summed E-state index contributed by atoms with van der Waals surface area (Å²) in [6.07, 6.45) is -2.62. The maximum absolute atomic E-state index is 11.8. The van der Waals surface area contributed by atoms with Gasteiger partial charge in [0.15, 0.2) is 0 Å². The SMILES string of the molecule is O=C([C@H](CO)NOS(=O)(=O)O)[C@](O)(OS(=O)(=O)O)[C@H](O)CO. The topological polar surface area (TPSA) is 237 Å². The lowest BCUT2D eigenvalue weighted by Gasteiger charge is -2.30. The number of hydroxylamine groups is 1. The van der Waals surface area contributed by atoms with Gasteiger partial charge in [0, 0.05) is 0 Å². The van der Waals surface area contributed by atoms with Crippen molar-refractivity contribution in [1.29, 1.82) is 0 Å². The molecule has 0 saturated heterocycles. The quantitative estimate of drug-likeness (QED) is 0.108. The first-order chi connectivity index (χ1) is 9.77. The van der Waals surface area contributed by atoms with Crippen molar-refractivity contribution in [2.45, 2.75) is 17.9 Å². The predicted molar refractivity (Wildman–Crippen MR) is 62.3 cm³/mol. The third-order valence-electron chi connectivity index (χ3n) is 2.00. The van der Waals surface area contributed by atoms with Gasteiger partial charge in [-0.2, -0.15) is 26.6 Å².